The average molecular weight is 617 g/mol. The Kier molecular flexibility index (Phi) is 5.45. The lowest BCUT2D eigenvalue weighted by molar-refractivity contribution is -0.00495. The summed E-state index contributed by atoms with van der Waals surface area (Å²) in [6, 6.07) is 33.1. The molecule has 9 aliphatic rings. The summed E-state index contributed by atoms with van der Waals surface area (Å²) >= 11 is 0. The van der Waals surface area contributed by atoms with E-state index in [-0.39, 0.29) is 10.8 Å². The van der Waals surface area contributed by atoms with Crippen LogP contribution in [-0.4, -0.2) is 0 Å². The second-order valence-electron chi connectivity index (χ2n) is 17.8. The fraction of sp³-hybridized carbons (Fsp3) is 0.467. The van der Waals surface area contributed by atoms with E-state index in [2.05, 4.69) is 84.9 Å². The highest BCUT2D eigenvalue weighted by Crippen LogP contribution is 2.65. The molecule has 0 unspecified atom stereocenters. The van der Waals surface area contributed by atoms with Crippen molar-refractivity contribution in [2.24, 2.45) is 35.5 Å². The van der Waals surface area contributed by atoms with Crippen molar-refractivity contribution in [2.75, 3.05) is 11.5 Å². The number of nitrogens with two attached hydrogens (primary N) is 2. The van der Waals surface area contributed by atoms with Crippen LogP contribution in [0.1, 0.15) is 110 Å². The van der Waals surface area contributed by atoms with Gasteiger partial charge in [0.2, 0.25) is 0 Å². The zero-order chi connectivity index (χ0) is 31.1. The van der Waals surface area contributed by atoms with Crippen LogP contribution in [0.25, 0.3) is 11.1 Å². The molecule has 9 aliphatic carbocycles. The lowest BCUT2D eigenvalue weighted by Crippen LogP contribution is -2.49. The van der Waals surface area contributed by atoms with E-state index in [1.807, 2.05) is 0 Å². The molecule has 238 valence electrons. The number of rotatable bonds is 4. The molecular weight excluding hydrogens is 569 g/mol. The number of nitrogen functional groups attached to an aromatic ring is 2. The molecule has 4 N–H and O–H groups in total. The van der Waals surface area contributed by atoms with E-state index in [9.17, 15) is 0 Å². The molecule has 0 heterocycles. The van der Waals surface area contributed by atoms with Crippen molar-refractivity contribution in [3.05, 3.63) is 118 Å². The van der Waals surface area contributed by atoms with Gasteiger partial charge in [-0.3, -0.25) is 0 Å². The summed E-state index contributed by atoms with van der Waals surface area (Å²) in [6.45, 7) is 0. The van der Waals surface area contributed by atoms with E-state index in [0.717, 1.165) is 46.9 Å². The van der Waals surface area contributed by atoms with Gasteiger partial charge in [0.1, 0.15) is 0 Å². The van der Waals surface area contributed by atoms with Crippen LogP contribution < -0.4 is 11.5 Å². The van der Waals surface area contributed by atoms with Crippen molar-refractivity contribution in [2.45, 2.75) is 93.3 Å². The first kappa shape index (κ1) is 27.4. The van der Waals surface area contributed by atoms with Gasteiger partial charge in [0, 0.05) is 11.4 Å². The van der Waals surface area contributed by atoms with E-state index >= 15 is 0 Å². The van der Waals surface area contributed by atoms with Crippen LogP contribution in [0.3, 0.4) is 0 Å². The summed E-state index contributed by atoms with van der Waals surface area (Å²) in [4.78, 5) is 0. The van der Waals surface area contributed by atoms with Gasteiger partial charge in [0.25, 0.3) is 0 Å². The van der Waals surface area contributed by atoms with Crippen LogP contribution in [-0.2, 0) is 16.2 Å². The first-order chi connectivity index (χ1) is 22.9. The summed E-state index contributed by atoms with van der Waals surface area (Å²) in [7, 11) is 0. The lowest BCUT2D eigenvalue weighted by atomic mass is 9.47. The average Bonchev–Trinajstić information content (AvgIpc) is 3.35. The van der Waals surface area contributed by atoms with Gasteiger partial charge < -0.3 is 11.5 Å². The summed E-state index contributed by atoms with van der Waals surface area (Å²) < 4.78 is 0. The Morgan fingerprint density at radius 1 is 0.404 bits per heavy atom. The smallest absolute Gasteiger partial charge is 0.0713 e. The quantitative estimate of drug-likeness (QED) is 0.197. The maximum absolute atomic E-state index is 7.08. The molecule has 0 saturated heterocycles. The highest BCUT2D eigenvalue weighted by molar-refractivity contribution is 5.86. The van der Waals surface area contributed by atoms with Gasteiger partial charge in [0.15, 0.2) is 0 Å². The number of anilines is 2. The number of benzene rings is 4. The van der Waals surface area contributed by atoms with Crippen molar-refractivity contribution >= 4 is 11.4 Å². The fourth-order valence-corrected chi connectivity index (χ4v) is 14.4. The third-order valence-electron chi connectivity index (χ3n) is 15.1. The van der Waals surface area contributed by atoms with Crippen molar-refractivity contribution in [1.29, 1.82) is 0 Å². The number of hydrogen-bond donors (Lipinski definition) is 2. The molecule has 0 aromatic heterocycles. The van der Waals surface area contributed by atoms with E-state index in [1.165, 1.54) is 122 Å². The van der Waals surface area contributed by atoms with Gasteiger partial charge in [0.05, 0.1) is 5.41 Å². The summed E-state index contributed by atoms with van der Waals surface area (Å²) in [5, 5.41) is 0. The molecule has 0 amide bonds. The molecule has 8 bridgehead atoms. The van der Waals surface area contributed by atoms with Crippen molar-refractivity contribution in [3.8, 4) is 11.1 Å². The lowest BCUT2D eigenvalue weighted by Gasteiger charge is -2.57. The maximum Gasteiger partial charge on any atom is 0.0713 e. The standard InChI is InChI=1S/C45H48N2/c46-41-11-9-33(19-39(41)43-21-27-13-28(22-43)15-29(14-27)23-43)45(37-7-3-1-5-35(37)36-6-2-4-8-38(36)45)34-10-12-42(47)40(20-34)44-24-30-16-31(25-44)18-32(17-30)26-44/h1-12,19-20,27-32H,13-18,21-26,46-47H2. The zero-order valence-electron chi connectivity index (χ0n) is 27.7. The predicted octanol–water partition coefficient (Wildman–Crippen LogP) is 10.1. The third kappa shape index (κ3) is 3.63. The van der Waals surface area contributed by atoms with Crippen LogP contribution in [0.15, 0.2) is 84.9 Å². The minimum Gasteiger partial charge on any atom is -0.398 e. The first-order valence-electron chi connectivity index (χ1n) is 18.9. The predicted molar refractivity (Wildman–Crippen MR) is 192 cm³/mol. The topological polar surface area (TPSA) is 52.0 Å². The molecule has 8 fully saturated rings. The largest absolute Gasteiger partial charge is 0.398 e. The van der Waals surface area contributed by atoms with E-state index in [4.69, 9.17) is 11.5 Å². The molecule has 0 atom stereocenters. The van der Waals surface area contributed by atoms with E-state index in [0.29, 0.717) is 0 Å². The molecule has 0 spiro atoms. The molecule has 2 heteroatoms. The highest BCUT2D eigenvalue weighted by atomic mass is 14.6. The van der Waals surface area contributed by atoms with Crippen molar-refractivity contribution in [1.82, 2.24) is 0 Å². The molecule has 8 saturated carbocycles. The Hall–Kier alpha value is -3.52. The number of hydrogen-bond acceptors (Lipinski definition) is 2. The van der Waals surface area contributed by atoms with Gasteiger partial charge in [-0.2, -0.15) is 0 Å². The second kappa shape index (κ2) is 9.34. The van der Waals surface area contributed by atoms with Crippen LogP contribution in [0.2, 0.25) is 0 Å². The van der Waals surface area contributed by atoms with Crippen LogP contribution in [0.4, 0.5) is 11.4 Å². The van der Waals surface area contributed by atoms with Gasteiger partial charge in [-0.05, 0) is 180 Å². The Balaban J connectivity index is 1.16. The molecule has 4 aromatic rings. The van der Waals surface area contributed by atoms with Gasteiger partial charge in [-0.15, -0.1) is 0 Å². The van der Waals surface area contributed by atoms with Gasteiger partial charge >= 0.3 is 0 Å². The third-order valence-corrected chi connectivity index (χ3v) is 15.1. The van der Waals surface area contributed by atoms with Crippen LogP contribution in [0, 0.1) is 35.5 Å². The van der Waals surface area contributed by atoms with E-state index < -0.39 is 5.41 Å². The number of fused-ring (bicyclic) bond motifs is 3. The molecular formula is C45H48N2. The molecule has 47 heavy (non-hydrogen) atoms. The van der Waals surface area contributed by atoms with E-state index in [1.54, 1.807) is 0 Å². The zero-order valence-corrected chi connectivity index (χ0v) is 27.7. The molecule has 0 aliphatic heterocycles. The van der Waals surface area contributed by atoms with Gasteiger partial charge in [-0.25, -0.2) is 0 Å². The maximum atomic E-state index is 7.08. The van der Waals surface area contributed by atoms with Crippen LogP contribution in [0.5, 0.6) is 0 Å². The summed E-state index contributed by atoms with van der Waals surface area (Å²) in [6.07, 6.45) is 16.6. The SMILES string of the molecule is Nc1ccc(C2(c3ccc(N)c(C45CC6CC(CC(C6)C4)C5)c3)c3ccccc3-c3ccccc32)cc1C12CC3CC(CC(C3)C1)C2. The molecule has 2 nitrogen and oxygen atoms in total. The normalized spacial score (nSPS) is 36.4. The Bertz CT molecular complexity index is 1740. The Morgan fingerprint density at radius 3 is 1.11 bits per heavy atom. The molecule has 4 aromatic carbocycles. The summed E-state index contributed by atoms with van der Waals surface area (Å²) in [5.41, 5.74) is 27.4. The Labute approximate surface area is 280 Å². The fourth-order valence-electron chi connectivity index (χ4n) is 14.4. The second-order valence-corrected chi connectivity index (χ2v) is 17.8. The monoisotopic (exact) mass is 616 g/mol. The highest BCUT2D eigenvalue weighted by Gasteiger charge is 2.55. The first-order valence-corrected chi connectivity index (χ1v) is 18.9. The minimum absolute atomic E-state index is 0.235. The van der Waals surface area contributed by atoms with Crippen molar-refractivity contribution < 1.29 is 0 Å². The minimum atomic E-state index is -0.414. The van der Waals surface area contributed by atoms with Crippen LogP contribution >= 0.6 is 0 Å². The van der Waals surface area contributed by atoms with Gasteiger partial charge in [-0.1, -0.05) is 72.8 Å². The molecule has 13 rings (SSSR count). The van der Waals surface area contributed by atoms with Crippen molar-refractivity contribution in [3.63, 3.8) is 0 Å². The Morgan fingerprint density at radius 2 is 0.745 bits per heavy atom. The summed E-state index contributed by atoms with van der Waals surface area (Å²) in [5.74, 6) is 5.28. The molecule has 0 radical (unpaired) electrons.